The summed E-state index contributed by atoms with van der Waals surface area (Å²) < 4.78 is 2.12. The summed E-state index contributed by atoms with van der Waals surface area (Å²) >= 11 is 0. The number of non-ortho nitro benzene ring substituents is 1. The molecule has 0 spiro atoms. The molecule has 0 aliphatic rings. The molecule has 0 aliphatic carbocycles. The molecule has 0 saturated heterocycles. The molecular weight excluding hydrogens is 266 g/mol. The van der Waals surface area contributed by atoms with Crippen LogP contribution in [-0.4, -0.2) is 14.5 Å². The molecule has 0 radical (unpaired) electrons. The highest BCUT2D eigenvalue weighted by molar-refractivity contribution is 5.76. The molecule has 5 heteroatoms. The quantitative estimate of drug-likeness (QED) is 0.542. The molecule has 0 N–H and O–H groups in total. The van der Waals surface area contributed by atoms with Crippen molar-refractivity contribution in [2.45, 2.75) is 19.9 Å². The minimum atomic E-state index is -0.365. The topological polar surface area (TPSA) is 61.0 Å². The molecule has 3 aromatic rings. The maximum Gasteiger partial charge on any atom is 0.269 e. The smallest absolute Gasteiger partial charge is 0.269 e. The van der Waals surface area contributed by atoms with E-state index in [1.54, 1.807) is 12.1 Å². The molecule has 0 bridgehead atoms. The lowest BCUT2D eigenvalue weighted by atomic mass is 10.2. The van der Waals surface area contributed by atoms with Gasteiger partial charge in [0.2, 0.25) is 0 Å². The summed E-state index contributed by atoms with van der Waals surface area (Å²) in [4.78, 5) is 15.1. The summed E-state index contributed by atoms with van der Waals surface area (Å²) in [5.41, 5.74) is 3.04. The first-order valence-electron chi connectivity index (χ1n) is 6.86. The van der Waals surface area contributed by atoms with Gasteiger partial charge in [-0.25, -0.2) is 4.98 Å². The minimum Gasteiger partial charge on any atom is -0.323 e. The summed E-state index contributed by atoms with van der Waals surface area (Å²) in [6.45, 7) is 2.65. The van der Waals surface area contributed by atoms with Crippen molar-refractivity contribution < 1.29 is 4.92 Å². The number of imidazole rings is 1. The van der Waals surface area contributed by atoms with Gasteiger partial charge in [-0.3, -0.25) is 10.1 Å². The van der Waals surface area contributed by atoms with Crippen LogP contribution in [0.25, 0.3) is 11.0 Å². The van der Waals surface area contributed by atoms with Crippen LogP contribution in [0, 0.1) is 10.1 Å². The van der Waals surface area contributed by atoms with E-state index in [-0.39, 0.29) is 10.6 Å². The zero-order valence-electron chi connectivity index (χ0n) is 11.7. The molecular formula is C16H15N3O2. The van der Waals surface area contributed by atoms with Crippen LogP contribution in [0.1, 0.15) is 18.3 Å². The van der Waals surface area contributed by atoms with E-state index in [1.165, 1.54) is 6.07 Å². The van der Waals surface area contributed by atoms with E-state index >= 15 is 0 Å². The Morgan fingerprint density at radius 1 is 1.19 bits per heavy atom. The van der Waals surface area contributed by atoms with Gasteiger partial charge in [0, 0.05) is 25.1 Å². The van der Waals surface area contributed by atoms with Crippen molar-refractivity contribution in [2.75, 3.05) is 0 Å². The van der Waals surface area contributed by atoms with Gasteiger partial charge in [0.25, 0.3) is 5.69 Å². The number of nitrogens with zero attached hydrogens (tertiary/aromatic N) is 3. The Hall–Kier alpha value is -2.69. The average molecular weight is 281 g/mol. The molecule has 0 amide bonds. The fourth-order valence-electron chi connectivity index (χ4n) is 2.52. The Morgan fingerprint density at radius 3 is 2.76 bits per heavy atom. The van der Waals surface area contributed by atoms with Gasteiger partial charge in [0.15, 0.2) is 0 Å². The molecule has 1 heterocycles. The lowest BCUT2D eigenvalue weighted by Crippen LogP contribution is -2.04. The molecule has 0 aliphatic heterocycles. The molecule has 106 valence electrons. The van der Waals surface area contributed by atoms with Crippen molar-refractivity contribution in [3.8, 4) is 0 Å². The van der Waals surface area contributed by atoms with Crippen LogP contribution in [0.4, 0.5) is 5.69 Å². The second kappa shape index (κ2) is 5.36. The third kappa shape index (κ3) is 2.50. The number of fused-ring (bicyclic) bond motifs is 1. The molecule has 1 aromatic heterocycles. The number of hydrogen-bond donors (Lipinski definition) is 0. The highest BCUT2D eigenvalue weighted by atomic mass is 16.6. The van der Waals surface area contributed by atoms with Gasteiger partial charge in [-0.15, -0.1) is 0 Å². The van der Waals surface area contributed by atoms with Crippen LogP contribution < -0.4 is 0 Å². The number of rotatable bonds is 4. The van der Waals surface area contributed by atoms with Gasteiger partial charge in [-0.05, 0) is 17.7 Å². The number of benzene rings is 2. The second-order valence-corrected chi connectivity index (χ2v) is 4.88. The van der Waals surface area contributed by atoms with Crippen molar-refractivity contribution >= 4 is 16.7 Å². The maximum absolute atomic E-state index is 10.9. The highest BCUT2D eigenvalue weighted by Crippen LogP contribution is 2.20. The normalized spacial score (nSPS) is 10.9. The molecule has 0 atom stereocenters. The van der Waals surface area contributed by atoms with E-state index in [2.05, 4.69) is 16.5 Å². The van der Waals surface area contributed by atoms with Crippen LogP contribution in [0.15, 0.2) is 48.5 Å². The first kappa shape index (κ1) is 13.3. The Bertz CT molecular complexity index is 808. The Labute approximate surface area is 122 Å². The summed E-state index contributed by atoms with van der Waals surface area (Å²) in [7, 11) is 0. The predicted molar refractivity (Wildman–Crippen MR) is 81.3 cm³/mol. The molecule has 2 aromatic carbocycles. The van der Waals surface area contributed by atoms with Crippen LogP contribution in [0.5, 0.6) is 0 Å². The third-order valence-electron chi connectivity index (χ3n) is 3.51. The Kier molecular flexibility index (Phi) is 3.39. The van der Waals surface area contributed by atoms with E-state index in [9.17, 15) is 10.1 Å². The van der Waals surface area contributed by atoms with Crippen molar-refractivity contribution in [1.82, 2.24) is 9.55 Å². The SMILES string of the molecule is CCc1nc2ccccc2n1Cc1cccc([N+](=O)[O-])c1. The lowest BCUT2D eigenvalue weighted by Gasteiger charge is -2.08. The van der Waals surface area contributed by atoms with Gasteiger partial charge >= 0.3 is 0 Å². The van der Waals surface area contributed by atoms with Gasteiger partial charge in [0.1, 0.15) is 5.82 Å². The van der Waals surface area contributed by atoms with E-state index in [0.717, 1.165) is 28.8 Å². The first-order valence-corrected chi connectivity index (χ1v) is 6.86. The number of hydrogen-bond acceptors (Lipinski definition) is 3. The van der Waals surface area contributed by atoms with Crippen molar-refractivity contribution in [1.29, 1.82) is 0 Å². The molecule has 5 nitrogen and oxygen atoms in total. The fourth-order valence-corrected chi connectivity index (χ4v) is 2.52. The standard InChI is InChI=1S/C16H15N3O2/c1-2-16-17-14-8-3-4-9-15(14)18(16)11-12-6-5-7-13(10-12)19(20)21/h3-10H,2,11H2,1H3. The summed E-state index contributed by atoms with van der Waals surface area (Å²) in [6, 6.07) is 14.7. The molecule has 0 unspecified atom stereocenters. The van der Waals surface area contributed by atoms with Crippen molar-refractivity contribution in [2.24, 2.45) is 0 Å². The maximum atomic E-state index is 10.9. The molecule has 21 heavy (non-hydrogen) atoms. The van der Waals surface area contributed by atoms with E-state index in [1.807, 2.05) is 30.3 Å². The average Bonchev–Trinajstić information content (AvgIpc) is 2.86. The highest BCUT2D eigenvalue weighted by Gasteiger charge is 2.11. The van der Waals surface area contributed by atoms with Crippen molar-refractivity contribution in [3.63, 3.8) is 0 Å². The van der Waals surface area contributed by atoms with E-state index in [4.69, 9.17) is 0 Å². The molecule has 0 saturated carbocycles. The van der Waals surface area contributed by atoms with Gasteiger partial charge in [0.05, 0.1) is 16.0 Å². The number of aryl methyl sites for hydroxylation is 1. The van der Waals surface area contributed by atoms with Gasteiger partial charge in [-0.2, -0.15) is 0 Å². The largest absolute Gasteiger partial charge is 0.323 e. The van der Waals surface area contributed by atoms with Crippen LogP contribution >= 0.6 is 0 Å². The molecule has 3 rings (SSSR count). The van der Waals surface area contributed by atoms with E-state index in [0.29, 0.717) is 6.54 Å². The number of nitro groups is 1. The van der Waals surface area contributed by atoms with Crippen molar-refractivity contribution in [3.05, 3.63) is 70.0 Å². The lowest BCUT2D eigenvalue weighted by molar-refractivity contribution is -0.384. The number of aromatic nitrogens is 2. The molecule has 0 fully saturated rings. The third-order valence-corrected chi connectivity index (χ3v) is 3.51. The van der Waals surface area contributed by atoms with E-state index < -0.39 is 0 Å². The minimum absolute atomic E-state index is 0.120. The summed E-state index contributed by atoms with van der Waals surface area (Å²) in [5.74, 6) is 0.989. The van der Waals surface area contributed by atoms with Crippen LogP contribution in [0.3, 0.4) is 0 Å². The summed E-state index contributed by atoms with van der Waals surface area (Å²) in [5, 5.41) is 10.9. The predicted octanol–water partition coefficient (Wildman–Crippen LogP) is 3.56. The van der Waals surface area contributed by atoms with Gasteiger partial charge < -0.3 is 4.57 Å². The monoisotopic (exact) mass is 281 g/mol. The zero-order valence-corrected chi connectivity index (χ0v) is 11.7. The summed E-state index contributed by atoms with van der Waals surface area (Å²) in [6.07, 6.45) is 0.823. The first-order chi connectivity index (χ1) is 10.2. The number of para-hydroxylation sites is 2. The van der Waals surface area contributed by atoms with Gasteiger partial charge in [-0.1, -0.05) is 31.2 Å². The second-order valence-electron chi connectivity index (χ2n) is 4.88. The van der Waals surface area contributed by atoms with Crippen LogP contribution in [-0.2, 0) is 13.0 Å². The Morgan fingerprint density at radius 2 is 2.00 bits per heavy atom. The Balaban J connectivity index is 2.05. The zero-order chi connectivity index (χ0) is 14.8. The fraction of sp³-hybridized carbons (Fsp3) is 0.188. The number of nitro benzene ring substituents is 1. The van der Waals surface area contributed by atoms with Crippen LogP contribution in [0.2, 0.25) is 0 Å².